The van der Waals surface area contributed by atoms with Gasteiger partial charge in [0.2, 0.25) is 5.88 Å². The Labute approximate surface area is 174 Å². The number of nitrogens with one attached hydrogen (secondary N) is 1. The predicted molar refractivity (Wildman–Crippen MR) is 109 cm³/mol. The van der Waals surface area contributed by atoms with Gasteiger partial charge < -0.3 is 10.1 Å². The van der Waals surface area contributed by atoms with Gasteiger partial charge in [0.05, 0.1) is 17.1 Å². The number of halogens is 1. The van der Waals surface area contributed by atoms with Crippen molar-refractivity contribution in [1.82, 2.24) is 30.0 Å². The van der Waals surface area contributed by atoms with E-state index in [1.54, 1.807) is 18.6 Å². The molecule has 1 aliphatic carbocycles. The zero-order valence-corrected chi connectivity index (χ0v) is 17.0. The Balaban J connectivity index is 1.37. The number of hydrogen-bond donors (Lipinski definition) is 1. The van der Waals surface area contributed by atoms with E-state index in [-0.39, 0.29) is 11.0 Å². The quantitative estimate of drug-likeness (QED) is 0.667. The van der Waals surface area contributed by atoms with Gasteiger partial charge in [-0.1, -0.05) is 19.1 Å². The van der Waals surface area contributed by atoms with Crippen molar-refractivity contribution in [3.05, 3.63) is 60.1 Å². The van der Waals surface area contributed by atoms with Gasteiger partial charge >= 0.3 is 0 Å². The average Bonchev–Trinajstić information content (AvgIpc) is 3.12. The summed E-state index contributed by atoms with van der Waals surface area (Å²) in [6.07, 6.45) is 7.70. The van der Waals surface area contributed by atoms with Crippen LogP contribution in [0.25, 0.3) is 5.69 Å². The van der Waals surface area contributed by atoms with E-state index in [1.807, 2.05) is 0 Å². The number of aromatic nitrogens is 5. The molecule has 7 nitrogen and oxygen atoms in total. The van der Waals surface area contributed by atoms with Gasteiger partial charge in [-0.3, -0.25) is 4.57 Å². The van der Waals surface area contributed by atoms with Crippen molar-refractivity contribution in [3.8, 4) is 11.6 Å². The molecule has 0 bridgehead atoms. The largest absolute Gasteiger partial charge is 0.474 e. The van der Waals surface area contributed by atoms with Crippen LogP contribution in [0.15, 0.2) is 43.1 Å². The number of rotatable bonds is 3. The van der Waals surface area contributed by atoms with Crippen molar-refractivity contribution >= 4 is 11.6 Å². The van der Waals surface area contributed by atoms with Crippen molar-refractivity contribution in [2.24, 2.45) is 5.92 Å². The zero-order valence-electron chi connectivity index (χ0n) is 16.3. The fraction of sp³-hybridized carbons (Fsp3) is 0.429. The Morgan fingerprint density at radius 1 is 1.28 bits per heavy atom. The van der Waals surface area contributed by atoms with Gasteiger partial charge in [-0.05, 0) is 42.4 Å². The SMILES string of the molecule is CC1CC(Cl)(c2ccc3c(c2)CNCc2nncn2-3)CCC1Oc1ccncn1. The van der Waals surface area contributed by atoms with Crippen LogP contribution < -0.4 is 10.1 Å². The van der Waals surface area contributed by atoms with Gasteiger partial charge in [-0.15, -0.1) is 21.8 Å². The lowest BCUT2D eigenvalue weighted by molar-refractivity contribution is 0.0807. The Morgan fingerprint density at radius 3 is 3.03 bits per heavy atom. The zero-order chi connectivity index (χ0) is 19.8. The van der Waals surface area contributed by atoms with E-state index in [0.717, 1.165) is 37.3 Å². The van der Waals surface area contributed by atoms with E-state index in [2.05, 4.69) is 55.2 Å². The first-order valence-electron chi connectivity index (χ1n) is 9.97. The Hall–Kier alpha value is -2.51. The lowest BCUT2D eigenvalue weighted by atomic mass is 9.76. The minimum atomic E-state index is -0.387. The van der Waals surface area contributed by atoms with E-state index in [4.69, 9.17) is 16.3 Å². The number of benzene rings is 1. The maximum atomic E-state index is 7.19. The van der Waals surface area contributed by atoms with Crippen LogP contribution in [0, 0.1) is 5.92 Å². The van der Waals surface area contributed by atoms with Crippen LogP contribution in [-0.2, 0) is 18.0 Å². The van der Waals surface area contributed by atoms with Crippen molar-refractivity contribution in [2.75, 3.05) is 0 Å². The van der Waals surface area contributed by atoms with Crippen LogP contribution in [0.3, 0.4) is 0 Å². The molecule has 150 valence electrons. The third kappa shape index (κ3) is 3.49. The van der Waals surface area contributed by atoms with Gasteiger partial charge in [0, 0.05) is 18.8 Å². The highest BCUT2D eigenvalue weighted by Gasteiger charge is 2.40. The van der Waals surface area contributed by atoms with Crippen LogP contribution in [0.5, 0.6) is 5.88 Å². The molecule has 1 aliphatic heterocycles. The molecule has 3 aromatic rings. The monoisotopic (exact) mass is 410 g/mol. The molecule has 2 aliphatic rings. The summed E-state index contributed by atoms with van der Waals surface area (Å²) in [4.78, 5) is 7.75. The third-order valence-corrected chi connectivity index (χ3v) is 6.57. The van der Waals surface area contributed by atoms with E-state index < -0.39 is 0 Å². The fourth-order valence-corrected chi connectivity index (χ4v) is 4.94. The summed E-state index contributed by atoms with van der Waals surface area (Å²) in [7, 11) is 0. The number of nitrogens with zero attached hydrogens (tertiary/aromatic N) is 5. The second kappa shape index (κ2) is 7.39. The molecule has 3 unspecified atom stereocenters. The summed E-state index contributed by atoms with van der Waals surface area (Å²) in [5.41, 5.74) is 3.50. The molecule has 0 saturated heterocycles. The number of ether oxygens (including phenoxy) is 1. The molecule has 0 spiro atoms. The molecule has 1 aromatic carbocycles. The molecule has 3 atom stereocenters. The minimum absolute atomic E-state index is 0.110. The molecule has 8 heteroatoms. The third-order valence-electron chi connectivity index (χ3n) is 6.01. The molecule has 2 aromatic heterocycles. The highest BCUT2D eigenvalue weighted by molar-refractivity contribution is 6.24. The minimum Gasteiger partial charge on any atom is -0.474 e. The molecule has 5 rings (SSSR count). The predicted octanol–water partition coefficient (Wildman–Crippen LogP) is 3.36. The molecular formula is C21H23ClN6O. The van der Waals surface area contributed by atoms with Gasteiger partial charge in [-0.25, -0.2) is 9.97 Å². The average molecular weight is 411 g/mol. The van der Waals surface area contributed by atoms with Gasteiger partial charge in [0.25, 0.3) is 0 Å². The Bertz CT molecular complexity index is 1010. The van der Waals surface area contributed by atoms with E-state index >= 15 is 0 Å². The Morgan fingerprint density at radius 2 is 2.21 bits per heavy atom. The van der Waals surface area contributed by atoms with Crippen LogP contribution >= 0.6 is 11.6 Å². The van der Waals surface area contributed by atoms with Gasteiger partial charge in [-0.2, -0.15) is 0 Å². The molecule has 29 heavy (non-hydrogen) atoms. The highest BCUT2D eigenvalue weighted by atomic mass is 35.5. The van der Waals surface area contributed by atoms with Crippen LogP contribution in [0.4, 0.5) is 0 Å². The maximum Gasteiger partial charge on any atom is 0.216 e. The summed E-state index contributed by atoms with van der Waals surface area (Å²) in [5.74, 6) is 1.87. The topological polar surface area (TPSA) is 77.8 Å². The van der Waals surface area contributed by atoms with Crippen LogP contribution in [0.1, 0.15) is 43.1 Å². The summed E-state index contributed by atoms with van der Waals surface area (Å²) in [6, 6.07) is 8.33. The summed E-state index contributed by atoms with van der Waals surface area (Å²) < 4.78 is 8.15. The van der Waals surface area contributed by atoms with Crippen molar-refractivity contribution in [3.63, 3.8) is 0 Å². The lowest BCUT2D eigenvalue weighted by Crippen LogP contribution is -2.38. The fourth-order valence-electron chi connectivity index (χ4n) is 4.47. The van der Waals surface area contributed by atoms with Crippen molar-refractivity contribution in [2.45, 2.75) is 50.3 Å². The Kier molecular flexibility index (Phi) is 4.72. The molecular weight excluding hydrogens is 388 g/mol. The molecule has 1 fully saturated rings. The van der Waals surface area contributed by atoms with Crippen LogP contribution in [-0.4, -0.2) is 30.8 Å². The molecule has 1 saturated carbocycles. The van der Waals surface area contributed by atoms with E-state index in [1.165, 1.54) is 17.5 Å². The first-order valence-corrected chi connectivity index (χ1v) is 10.4. The smallest absolute Gasteiger partial charge is 0.216 e. The first-order chi connectivity index (χ1) is 14.1. The van der Waals surface area contributed by atoms with Crippen molar-refractivity contribution in [1.29, 1.82) is 0 Å². The molecule has 0 amide bonds. The number of hydrogen-bond acceptors (Lipinski definition) is 6. The number of fused-ring (bicyclic) bond motifs is 3. The molecule has 3 heterocycles. The summed E-state index contributed by atoms with van der Waals surface area (Å²) in [5, 5.41) is 11.7. The lowest BCUT2D eigenvalue weighted by Gasteiger charge is -2.40. The maximum absolute atomic E-state index is 7.19. The number of alkyl halides is 1. The van der Waals surface area contributed by atoms with Gasteiger partial charge in [0.15, 0.2) is 5.82 Å². The second-order valence-corrected chi connectivity index (χ2v) is 8.68. The summed E-state index contributed by atoms with van der Waals surface area (Å²) in [6.45, 7) is 3.69. The molecule has 1 N–H and O–H groups in total. The standard InChI is InChI=1S/C21H23ClN6O/c1-14-9-21(22,6-4-18(14)29-20-5-7-23-12-25-20)16-2-3-17-15(8-16)10-24-11-19-27-26-13-28(17)19/h2-3,5,7-8,12-14,18,24H,4,6,9-11H2,1H3. The second-order valence-electron chi connectivity index (χ2n) is 7.95. The van der Waals surface area contributed by atoms with E-state index in [9.17, 15) is 0 Å². The van der Waals surface area contributed by atoms with Crippen molar-refractivity contribution < 1.29 is 4.74 Å². The van der Waals surface area contributed by atoms with E-state index in [0.29, 0.717) is 18.3 Å². The first kappa shape index (κ1) is 18.5. The molecule has 0 radical (unpaired) electrons. The van der Waals surface area contributed by atoms with Gasteiger partial charge in [0.1, 0.15) is 18.8 Å². The normalized spacial score (nSPS) is 26.3. The van der Waals surface area contributed by atoms with Crippen LogP contribution in [0.2, 0.25) is 0 Å². The highest BCUT2D eigenvalue weighted by Crippen LogP contribution is 2.46. The summed E-state index contributed by atoms with van der Waals surface area (Å²) >= 11 is 7.19.